The minimum Gasteiger partial charge on any atom is -0.462 e. The molecule has 0 aromatic carbocycles. The van der Waals surface area contributed by atoms with Gasteiger partial charge in [0, 0.05) is 19.3 Å². The van der Waals surface area contributed by atoms with Crippen molar-refractivity contribution in [3.05, 3.63) is 122 Å². The van der Waals surface area contributed by atoms with Crippen molar-refractivity contribution < 1.29 is 28.6 Å². The summed E-state index contributed by atoms with van der Waals surface area (Å²) in [6.45, 7) is 6.45. The van der Waals surface area contributed by atoms with E-state index in [9.17, 15) is 14.4 Å². The Morgan fingerprint density at radius 2 is 0.534 bits per heavy atom. The number of carbonyl (C=O) groups excluding carboxylic acids is 3. The molecule has 0 saturated heterocycles. The van der Waals surface area contributed by atoms with E-state index < -0.39 is 6.10 Å². The fourth-order valence-electron chi connectivity index (χ4n) is 7.96. The topological polar surface area (TPSA) is 78.9 Å². The molecule has 0 N–H and O–H groups in total. The van der Waals surface area contributed by atoms with Gasteiger partial charge in [0.1, 0.15) is 13.2 Å². The van der Waals surface area contributed by atoms with Crippen molar-refractivity contribution in [2.45, 2.75) is 271 Å². The van der Waals surface area contributed by atoms with Gasteiger partial charge in [0.25, 0.3) is 0 Å². The molecule has 0 heterocycles. The molecule has 0 spiro atoms. The fourth-order valence-corrected chi connectivity index (χ4v) is 7.96. The lowest BCUT2D eigenvalue weighted by atomic mass is 10.1. The van der Waals surface area contributed by atoms with Crippen LogP contribution in [-0.2, 0) is 28.6 Å². The molecular weight excluding hydrogens is 901 g/mol. The molecule has 0 radical (unpaired) electrons. The van der Waals surface area contributed by atoms with Crippen LogP contribution in [0.1, 0.15) is 265 Å². The van der Waals surface area contributed by atoms with E-state index in [0.29, 0.717) is 19.3 Å². The van der Waals surface area contributed by atoms with Crippen molar-refractivity contribution in [2.75, 3.05) is 13.2 Å². The van der Waals surface area contributed by atoms with Gasteiger partial charge in [-0.2, -0.15) is 0 Å². The monoisotopic (exact) mass is 1010 g/mol. The Balaban J connectivity index is 4.34. The molecule has 0 amide bonds. The van der Waals surface area contributed by atoms with Gasteiger partial charge in [-0.3, -0.25) is 14.4 Å². The van der Waals surface area contributed by atoms with Gasteiger partial charge in [0.15, 0.2) is 6.10 Å². The van der Waals surface area contributed by atoms with E-state index in [2.05, 4.69) is 142 Å². The summed E-state index contributed by atoms with van der Waals surface area (Å²) in [7, 11) is 0. The fraction of sp³-hybridized carbons (Fsp3) is 0.657. The number of esters is 3. The van der Waals surface area contributed by atoms with Crippen molar-refractivity contribution >= 4 is 17.9 Å². The van der Waals surface area contributed by atoms with Gasteiger partial charge < -0.3 is 14.2 Å². The molecule has 1 unspecified atom stereocenters. The molecule has 0 aliphatic carbocycles. The zero-order valence-corrected chi connectivity index (χ0v) is 47.4. The van der Waals surface area contributed by atoms with Gasteiger partial charge in [-0.15, -0.1) is 0 Å². The van der Waals surface area contributed by atoms with Crippen LogP contribution < -0.4 is 0 Å². The first-order valence-corrected chi connectivity index (χ1v) is 30.0. The van der Waals surface area contributed by atoms with Gasteiger partial charge in [-0.1, -0.05) is 251 Å². The molecule has 6 nitrogen and oxygen atoms in total. The number of ether oxygens (including phenoxy) is 3. The first kappa shape index (κ1) is 68.8. The molecule has 0 rings (SSSR count). The lowest BCUT2D eigenvalue weighted by molar-refractivity contribution is -0.167. The van der Waals surface area contributed by atoms with Crippen LogP contribution in [0.5, 0.6) is 0 Å². The predicted octanol–water partition coefficient (Wildman–Crippen LogP) is 20.4. The molecular formula is C67H110O6. The highest BCUT2D eigenvalue weighted by Gasteiger charge is 2.19. The van der Waals surface area contributed by atoms with E-state index in [1.54, 1.807) is 0 Å². The van der Waals surface area contributed by atoms with Crippen LogP contribution in [-0.4, -0.2) is 37.2 Å². The Kier molecular flexibility index (Phi) is 56.9. The van der Waals surface area contributed by atoms with Crippen molar-refractivity contribution in [1.29, 1.82) is 0 Å². The number of rotatable bonds is 53. The Morgan fingerprint density at radius 3 is 0.863 bits per heavy atom. The Bertz CT molecular complexity index is 1540. The molecule has 1 atom stereocenters. The van der Waals surface area contributed by atoms with E-state index in [0.717, 1.165) is 148 Å². The number of carbonyl (C=O) groups is 3. The second kappa shape index (κ2) is 60.4. The quantitative estimate of drug-likeness (QED) is 0.0261. The van der Waals surface area contributed by atoms with E-state index >= 15 is 0 Å². The smallest absolute Gasteiger partial charge is 0.306 e. The van der Waals surface area contributed by atoms with Crippen LogP contribution in [0.25, 0.3) is 0 Å². The molecule has 0 aliphatic heterocycles. The minimum atomic E-state index is -0.795. The van der Waals surface area contributed by atoms with E-state index in [1.807, 2.05) is 0 Å². The lowest BCUT2D eigenvalue weighted by Gasteiger charge is -2.18. The van der Waals surface area contributed by atoms with Gasteiger partial charge >= 0.3 is 17.9 Å². The van der Waals surface area contributed by atoms with Crippen LogP contribution >= 0.6 is 0 Å². The molecule has 0 aromatic rings. The van der Waals surface area contributed by atoms with Crippen molar-refractivity contribution in [3.8, 4) is 0 Å². The molecule has 414 valence electrons. The SMILES string of the molecule is CC/C=C\C/C=C\C/C=C\C/C=C\C/C=C\C/C=C\C/C=C\CCCCCCCC(=O)OCC(COC(=O)CCCCCCCCCCC)OC(=O)CCCCCCCC/C=C\C/C=C\C/C=C\CCCCC. The van der Waals surface area contributed by atoms with Crippen LogP contribution in [0.15, 0.2) is 122 Å². The third kappa shape index (κ3) is 58.6. The summed E-state index contributed by atoms with van der Waals surface area (Å²) < 4.78 is 16.8. The zero-order valence-electron chi connectivity index (χ0n) is 47.4. The maximum atomic E-state index is 12.9. The molecule has 0 saturated carbocycles. The lowest BCUT2D eigenvalue weighted by Crippen LogP contribution is -2.30. The highest BCUT2D eigenvalue weighted by atomic mass is 16.6. The number of hydrogen-bond donors (Lipinski definition) is 0. The summed E-state index contributed by atoms with van der Waals surface area (Å²) in [5.41, 5.74) is 0. The average Bonchev–Trinajstić information content (AvgIpc) is 3.39. The zero-order chi connectivity index (χ0) is 52.9. The number of allylic oxidation sites excluding steroid dienone is 20. The number of hydrogen-bond acceptors (Lipinski definition) is 6. The Labute approximate surface area is 450 Å². The molecule has 6 heteroatoms. The summed E-state index contributed by atoms with van der Waals surface area (Å²) in [5.74, 6) is -0.926. The van der Waals surface area contributed by atoms with Crippen LogP contribution in [0.3, 0.4) is 0 Å². The summed E-state index contributed by atoms with van der Waals surface area (Å²) in [4.78, 5) is 38.1. The first-order chi connectivity index (χ1) is 36.0. The largest absolute Gasteiger partial charge is 0.462 e. The van der Waals surface area contributed by atoms with Crippen LogP contribution in [0.4, 0.5) is 0 Å². The second-order valence-corrected chi connectivity index (χ2v) is 19.5. The predicted molar refractivity (Wildman–Crippen MR) is 316 cm³/mol. The summed E-state index contributed by atoms with van der Waals surface area (Å²) >= 11 is 0. The van der Waals surface area contributed by atoms with E-state index in [4.69, 9.17) is 14.2 Å². The molecule has 0 aliphatic rings. The van der Waals surface area contributed by atoms with Gasteiger partial charge in [-0.25, -0.2) is 0 Å². The third-order valence-electron chi connectivity index (χ3n) is 12.5. The van der Waals surface area contributed by atoms with Crippen LogP contribution in [0.2, 0.25) is 0 Å². The molecule has 0 bridgehead atoms. The normalized spacial score (nSPS) is 13.0. The molecule has 0 aromatic heterocycles. The maximum absolute atomic E-state index is 12.9. The number of unbranched alkanes of at least 4 members (excludes halogenated alkanes) is 22. The Hall–Kier alpha value is -4.19. The summed E-state index contributed by atoms with van der Waals surface area (Å²) in [6.07, 6.45) is 83.4. The Morgan fingerprint density at radius 1 is 0.288 bits per heavy atom. The maximum Gasteiger partial charge on any atom is 0.306 e. The highest BCUT2D eigenvalue weighted by Crippen LogP contribution is 2.14. The molecule has 73 heavy (non-hydrogen) atoms. The van der Waals surface area contributed by atoms with Gasteiger partial charge in [0.05, 0.1) is 0 Å². The van der Waals surface area contributed by atoms with Gasteiger partial charge in [-0.05, 0) is 116 Å². The van der Waals surface area contributed by atoms with Crippen molar-refractivity contribution in [2.24, 2.45) is 0 Å². The van der Waals surface area contributed by atoms with Gasteiger partial charge in [0.2, 0.25) is 0 Å². The third-order valence-corrected chi connectivity index (χ3v) is 12.5. The summed E-state index contributed by atoms with van der Waals surface area (Å²) in [5, 5.41) is 0. The van der Waals surface area contributed by atoms with Crippen LogP contribution in [0, 0.1) is 0 Å². The average molecular weight is 1010 g/mol. The molecule has 0 fully saturated rings. The first-order valence-electron chi connectivity index (χ1n) is 30.0. The minimum absolute atomic E-state index is 0.0909. The second-order valence-electron chi connectivity index (χ2n) is 19.5. The van der Waals surface area contributed by atoms with Crippen molar-refractivity contribution in [3.63, 3.8) is 0 Å². The van der Waals surface area contributed by atoms with Crippen molar-refractivity contribution in [1.82, 2.24) is 0 Å². The van der Waals surface area contributed by atoms with E-state index in [1.165, 1.54) is 77.0 Å². The highest BCUT2D eigenvalue weighted by molar-refractivity contribution is 5.71. The van der Waals surface area contributed by atoms with E-state index in [-0.39, 0.29) is 31.1 Å². The standard InChI is InChI=1S/C67H110O6/c1-4-7-10-13-16-19-21-23-25-27-29-30-31-32-33-34-35-36-38-39-41-43-45-48-51-54-57-60-66(69)72-63-64(62-71-65(68)59-56-53-50-47-18-15-12-9-6-3)73-67(70)61-58-55-52-49-46-44-42-40-37-28-26-24-22-20-17-14-11-8-5-2/h7,10,16-17,19-20,23-26,29-30,32-33,35-37,39-41,64H,4-6,8-9,11-15,18,21-22,27-28,31,34,38,42-63H2,1-3H3/b10-7-,19-16-,20-17-,25-23-,26-24-,30-29-,33-32-,36-35-,40-37-,41-39-. The summed E-state index contributed by atoms with van der Waals surface area (Å²) in [6, 6.07) is 0.